The Hall–Kier alpha value is -0.900. The van der Waals surface area contributed by atoms with Crippen molar-refractivity contribution in [1.82, 2.24) is 10.2 Å². The fraction of sp³-hybridized carbons (Fsp3) is 0.647. The lowest BCUT2D eigenvalue weighted by atomic mass is 9.90. The quantitative estimate of drug-likeness (QED) is 0.767. The number of aliphatic hydroxyl groups is 1. The van der Waals surface area contributed by atoms with Crippen LogP contribution < -0.4 is 5.32 Å². The number of nitrogens with one attached hydrogen (secondary N) is 1. The Kier molecular flexibility index (Phi) is 6.66. The van der Waals surface area contributed by atoms with Gasteiger partial charge in [-0.05, 0) is 50.6 Å². The van der Waals surface area contributed by atoms with Gasteiger partial charge in [0, 0.05) is 13.1 Å². The SMILES string of the molecule is CCN(CC)CCNC(C)(CO)c1ccc(C)c(C)c1. The van der Waals surface area contributed by atoms with Crippen molar-refractivity contribution in [3.8, 4) is 0 Å². The Bertz CT molecular complexity index is 415. The molecule has 1 aromatic carbocycles. The lowest BCUT2D eigenvalue weighted by molar-refractivity contribution is 0.168. The van der Waals surface area contributed by atoms with E-state index < -0.39 is 0 Å². The Morgan fingerprint density at radius 3 is 2.30 bits per heavy atom. The molecule has 0 saturated carbocycles. The van der Waals surface area contributed by atoms with Crippen molar-refractivity contribution in [3.63, 3.8) is 0 Å². The molecule has 114 valence electrons. The van der Waals surface area contributed by atoms with Crippen molar-refractivity contribution < 1.29 is 5.11 Å². The van der Waals surface area contributed by atoms with Gasteiger partial charge in [0.05, 0.1) is 12.1 Å². The zero-order chi connectivity index (χ0) is 15.2. The smallest absolute Gasteiger partial charge is 0.0652 e. The van der Waals surface area contributed by atoms with Gasteiger partial charge >= 0.3 is 0 Å². The Morgan fingerprint density at radius 2 is 1.80 bits per heavy atom. The second kappa shape index (κ2) is 7.77. The molecular formula is C17H30N2O. The van der Waals surface area contributed by atoms with Gasteiger partial charge in [-0.25, -0.2) is 0 Å². The maximum absolute atomic E-state index is 9.80. The fourth-order valence-corrected chi connectivity index (χ4v) is 2.36. The molecule has 1 unspecified atom stereocenters. The molecule has 1 atom stereocenters. The van der Waals surface area contributed by atoms with Crippen LogP contribution in [0.5, 0.6) is 0 Å². The number of nitrogens with zero attached hydrogens (tertiary/aromatic N) is 1. The molecule has 0 amide bonds. The average molecular weight is 278 g/mol. The van der Waals surface area contributed by atoms with Crippen LogP contribution >= 0.6 is 0 Å². The van der Waals surface area contributed by atoms with Gasteiger partial charge in [-0.2, -0.15) is 0 Å². The van der Waals surface area contributed by atoms with Crippen molar-refractivity contribution in [2.45, 2.75) is 40.2 Å². The average Bonchev–Trinajstić information content (AvgIpc) is 2.46. The minimum absolute atomic E-state index is 0.105. The Labute approximate surface area is 124 Å². The molecular weight excluding hydrogens is 248 g/mol. The molecule has 1 rings (SSSR count). The summed E-state index contributed by atoms with van der Waals surface area (Å²) in [4.78, 5) is 2.38. The number of aryl methyl sites for hydroxylation is 2. The van der Waals surface area contributed by atoms with Gasteiger partial charge in [-0.15, -0.1) is 0 Å². The summed E-state index contributed by atoms with van der Waals surface area (Å²) in [6.45, 7) is 14.8. The number of aliphatic hydroxyl groups excluding tert-OH is 1. The monoisotopic (exact) mass is 278 g/mol. The molecule has 0 aliphatic rings. The predicted octanol–water partition coefficient (Wildman–Crippen LogP) is 2.44. The molecule has 0 radical (unpaired) electrons. The number of hydrogen-bond donors (Lipinski definition) is 2. The first-order valence-corrected chi connectivity index (χ1v) is 7.62. The van der Waals surface area contributed by atoms with E-state index in [0.717, 1.165) is 31.7 Å². The zero-order valence-corrected chi connectivity index (χ0v) is 13.7. The standard InChI is InChI=1S/C17H30N2O/c1-6-19(7-2)11-10-18-17(5,13-20)16-9-8-14(3)15(4)12-16/h8-9,12,18,20H,6-7,10-11,13H2,1-5H3. The third kappa shape index (κ3) is 4.30. The molecule has 2 N–H and O–H groups in total. The van der Waals surface area contributed by atoms with E-state index in [1.807, 2.05) is 0 Å². The maximum atomic E-state index is 9.80. The van der Waals surface area contributed by atoms with E-state index in [9.17, 15) is 5.11 Å². The van der Waals surface area contributed by atoms with E-state index in [1.54, 1.807) is 0 Å². The molecule has 0 fully saturated rings. The van der Waals surface area contributed by atoms with Crippen molar-refractivity contribution in [1.29, 1.82) is 0 Å². The summed E-state index contributed by atoms with van der Waals surface area (Å²) in [6, 6.07) is 6.42. The van der Waals surface area contributed by atoms with Crippen LogP contribution in [0.25, 0.3) is 0 Å². The summed E-state index contributed by atoms with van der Waals surface area (Å²) in [6.07, 6.45) is 0. The number of likely N-dealkylation sites (N-methyl/N-ethyl adjacent to an activating group) is 1. The van der Waals surface area contributed by atoms with Crippen molar-refractivity contribution >= 4 is 0 Å². The van der Waals surface area contributed by atoms with Crippen LogP contribution in [0.2, 0.25) is 0 Å². The molecule has 0 bridgehead atoms. The predicted molar refractivity (Wildman–Crippen MR) is 86.1 cm³/mol. The summed E-state index contributed by atoms with van der Waals surface area (Å²) in [5.41, 5.74) is 3.35. The highest BCUT2D eigenvalue weighted by Crippen LogP contribution is 2.22. The van der Waals surface area contributed by atoms with Crippen LogP contribution in [0, 0.1) is 13.8 Å². The number of benzene rings is 1. The molecule has 20 heavy (non-hydrogen) atoms. The summed E-state index contributed by atoms with van der Waals surface area (Å²) in [5, 5.41) is 13.3. The first kappa shape index (κ1) is 17.2. The van der Waals surface area contributed by atoms with E-state index in [-0.39, 0.29) is 12.1 Å². The highest BCUT2D eigenvalue weighted by atomic mass is 16.3. The largest absolute Gasteiger partial charge is 0.394 e. The number of rotatable bonds is 8. The summed E-state index contributed by atoms with van der Waals surface area (Å²) >= 11 is 0. The van der Waals surface area contributed by atoms with E-state index in [4.69, 9.17) is 0 Å². The van der Waals surface area contributed by atoms with E-state index in [1.165, 1.54) is 11.1 Å². The van der Waals surface area contributed by atoms with Gasteiger partial charge in [0.1, 0.15) is 0 Å². The molecule has 0 aromatic heterocycles. The number of hydrogen-bond acceptors (Lipinski definition) is 3. The lowest BCUT2D eigenvalue weighted by Crippen LogP contribution is -2.46. The molecule has 0 saturated heterocycles. The van der Waals surface area contributed by atoms with E-state index in [0.29, 0.717) is 0 Å². The molecule has 0 spiro atoms. The van der Waals surface area contributed by atoms with Crippen LogP contribution in [-0.2, 0) is 5.54 Å². The summed E-state index contributed by atoms with van der Waals surface area (Å²) in [5.74, 6) is 0. The normalized spacial score (nSPS) is 14.6. The molecule has 0 aliphatic carbocycles. The molecule has 0 aliphatic heterocycles. The third-order valence-corrected chi connectivity index (χ3v) is 4.30. The molecule has 3 nitrogen and oxygen atoms in total. The van der Waals surface area contributed by atoms with Crippen LogP contribution in [-0.4, -0.2) is 42.8 Å². The highest BCUT2D eigenvalue weighted by Gasteiger charge is 2.25. The third-order valence-electron chi connectivity index (χ3n) is 4.30. The van der Waals surface area contributed by atoms with Crippen molar-refractivity contribution in [3.05, 3.63) is 34.9 Å². The van der Waals surface area contributed by atoms with Crippen LogP contribution in [0.4, 0.5) is 0 Å². The van der Waals surface area contributed by atoms with Gasteiger partial charge in [0.15, 0.2) is 0 Å². The summed E-state index contributed by atoms with van der Waals surface area (Å²) in [7, 11) is 0. The molecule has 3 heteroatoms. The fourth-order valence-electron chi connectivity index (χ4n) is 2.36. The van der Waals surface area contributed by atoms with Crippen LogP contribution in [0.3, 0.4) is 0 Å². The Balaban J connectivity index is 2.73. The topological polar surface area (TPSA) is 35.5 Å². The first-order chi connectivity index (χ1) is 9.46. The van der Waals surface area contributed by atoms with Crippen molar-refractivity contribution in [2.24, 2.45) is 0 Å². The lowest BCUT2D eigenvalue weighted by Gasteiger charge is -2.31. The van der Waals surface area contributed by atoms with Gasteiger partial charge in [-0.3, -0.25) is 0 Å². The second-order valence-electron chi connectivity index (χ2n) is 5.74. The van der Waals surface area contributed by atoms with Gasteiger partial charge in [0.2, 0.25) is 0 Å². The van der Waals surface area contributed by atoms with E-state index >= 15 is 0 Å². The van der Waals surface area contributed by atoms with Gasteiger partial charge in [0.25, 0.3) is 0 Å². The van der Waals surface area contributed by atoms with Crippen molar-refractivity contribution in [2.75, 3.05) is 32.8 Å². The zero-order valence-electron chi connectivity index (χ0n) is 13.7. The van der Waals surface area contributed by atoms with E-state index in [2.05, 4.69) is 63.0 Å². The van der Waals surface area contributed by atoms with Crippen LogP contribution in [0.1, 0.15) is 37.5 Å². The van der Waals surface area contributed by atoms with Gasteiger partial charge in [-0.1, -0.05) is 32.0 Å². The van der Waals surface area contributed by atoms with Crippen LogP contribution in [0.15, 0.2) is 18.2 Å². The molecule has 1 aromatic rings. The first-order valence-electron chi connectivity index (χ1n) is 7.62. The molecule has 0 heterocycles. The Morgan fingerprint density at radius 1 is 1.15 bits per heavy atom. The van der Waals surface area contributed by atoms with Gasteiger partial charge < -0.3 is 15.3 Å². The second-order valence-corrected chi connectivity index (χ2v) is 5.74. The minimum atomic E-state index is -0.369. The summed E-state index contributed by atoms with van der Waals surface area (Å²) < 4.78 is 0. The highest BCUT2D eigenvalue weighted by molar-refractivity contribution is 5.34. The minimum Gasteiger partial charge on any atom is -0.394 e. The maximum Gasteiger partial charge on any atom is 0.0652 e.